The molecule has 1 unspecified atom stereocenters. The average molecular weight is 449 g/mol. The van der Waals surface area contributed by atoms with Crippen molar-refractivity contribution in [3.8, 4) is 22.6 Å². The molecule has 4 aromatic rings. The molecule has 9 heteroatoms. The number of thiazole rings is 1. The first-order valence-electron chi connectivity index (χ1n) is 10.3. The van der Waals surface area contributed by atoms with Crippen molar-refractivity contribution >= 4 is 17.4 Å². The van der Waals surface area contributed by atoms with Gasteiger partial charge in [-0.2, -0.15) is 4.68 Å². The van der Waals surface area contributed by atoms with E-state index < -0.39 is 6.09 Å². The third kappa shape index (κ3) is 4.83. The van der Waals surface area contributed by atoms with Crippen LogP contribution >= 0.6 is 11.3 Å². The van der Waals surface area contributed by atoms with Crippen molar-refractivity contribution in [3.63, 3.8) is 0 Å². The number of amides is 1. The Kier molecular flexibility index (Phi) is 6.27. The van der Waals surface area contributed by atoms with Gasteiger partial charge in [0.2, 0.25) is 0 Å². The first kappa shape index (κ1) is 21.6. The maximum absolute atomic E-state index is 12.6. The SMILES string of the molecule is Cc1ccc(-c2cc(OC(=O)NC(C)c3nccs3)cc(-n3nnnc3C(C)C)c2)cc1. The van der Waals surface area contributed by atoms with Crippen LogP contribution in [-0.4, -0.2) is 31.3 Å². The van der Waals surface area contributed by atoms with Gasteiger partial charge in [0.05, 0.1) is 11.7 Å². The smallest absolute Gasteiger partial charge is 0.410 e. The van der Waals surface area contributed by atoms with Crippen LogP contribution in [0.15, 0.2) is 54.0 Å². The van der Waals surface area contributed by atoms with Crippen LogP contribution in [0.5, 0.6) is 5.75 Å². The molecule has 2 aromatic heterocycles. The number of benzene rings is 2. The van der Waals surface area contributed by atoms with Crippen molar-refractivity contribution in [2.45, 2.75) is 39.7 Å². The highest BCUT2D eigenvalue weighted by atomic mass is 32.1. The minimum absolute atomic E-state index is 0.125. The Hall–Kier alpha value is -3.59. The van der Waals surface area contributed by atoms with E-state index in [2.05, 4.69) is 25.8 Å². The summed E-state index contributed by atoms with van der Waals surface area (Å²) in [6.45, 7) is 7.96. The topological polar surface area (TPSA) is 94.8 Å². The fourth-order valence-corrected chi connectivity index (χ4v) is 3.88. The highest BCUT2D eigenvalue weighted by Crippen LogP contribution is 2.29. The van der Waals surface area contributed by atoms with E-state index in [4.69, 9.17) is 4.74 Å². The van der Waals surface area contributed by atoms with Crippen molar-refractivity contribution < 1.29 is 9.53 Å². The molecule has 0 spiro atoms. The number of aromatic nitrogens is 5. The van der Waals surface area contributed by atoms with Gasteiger partial charge in [-0.05, 0) is 47.5 Å². The molecule has 4 rings (SSSR count). The summed E-state index contributed by atoms with van der Waals surface area (Å²) in [5, 5.41) is 17.6. The van der Waals surface area contributed by atoms with Gasteiger partial charge < -0.3 is 10.1 Å². The average Bonchev–Trinajstić information content (AvgIpc) is 3.46. The Morgan fingerprint density at radius 2 is 1.88 bits per heavy atom. The summed E-state index contributed by atoms with van der Waals surface area (Å²) in [5.41, 5.74) is 3.77. The van der Waals surface area contributed by atoms with Gasteiger partial charge in [-0.15, -0.1) is 16.4 Å². The number of nitrogens with one attached hydrogen (secondary N) is 1. The Morgan fingerprint density at radius 3 is 2.56 bits per heavy atom. The largest absolute Gasteiger partial charge is 0.413 e. The summed E-state index contributed by atoms with van der Waals surface area (Å²) in [6, 6.07) is 13.5. The number of carbonyl (C=O) groups excluding carboxylic acids is 1. The van der Waals surface area contributed by atoms with Crippen LogP contribution in [0, 0.1) is 6.92 Å². The van der Waals surface area contributed by atoms with Crippen LogP contribution in [-0.2, 0) is 0 Å². The summed E-state index contributed by atoms with van der Waals surface area (Å²) in [7, 11) is 0. The van der Waals surface area contributed by atoms with E-state index in [1.165, 1.54) is 16.9 Å². The highest BCUT2D eigenvalue weighted by molar-refractivity contribution is 7.09. The maximum atomic E-state index is 12.6. The molecule has 2 heterocycles. The molecule has 1 N–H and O–H groups in total. The van der Waals surface area contributed by atoms with Gasteiger partial charge in [0.15, 0.2) is 5.82 Å². The first-order valence-corrected chi connectivity index (χ1v) is 11.2. The van der Waals surface area contributed by atoms with Crippen molar-refractivity contribution in [2.75, 3.05) is 0 Å². The quantitative estimate of drug-likeness (QED) is 0.443. The Balaban J connectivity index is 1.67. The fraction of sp³-hybridized carbons (Fsp3) is 0.261. The molecule has 0 aliphatic heterocycles. The second kappa shape index (κ2) is 9.27. The lowest BCUT2D eigenvalue weighted by Gasteiger charge is -2.14. The lowest BCUT2D eigenvalue weighted by Crippen LogP contribution is -2.29. The summed E-state index contributed by atoms with van der Waals surface area (Å²) in [6.07, 6.45) is 1.15. The predicted octanol–water partition coefficient (Wildman–Crippen LogP) is 5.07. The van der Waals surface area contributed by atoms with Gasteiger partial charge in [-0.3, -0.25) is 0 Å². The number of hydrogen-bond donors (Lipinski definition) is 1. The van der Waals surface area contributed by atoms with Gasteiger partial charge in [-0.25, -0.2) is 9.78 Å². The summed E-state index contributed by atoms with van der Waals surface area (Å²) in [5.74, 6) is 1.24. The van der Waals surface area contributed by atoms with E-state index in [0.29, 0.717) is 11.4 Å². The molecule has 0 saturated carbocycles. The molecule has 32 heavy (non-hydrogen) atoms. The molecular weight excluding hydrogens is 424 g/mol. The van der Waals surface area contributed by atoms with E-state index in [9.17, 15) is 4.79 Å². The van der Waals surface area contributed by atoms with Crippen molar-refractivity contribution in [1.29, 1.82) is 0 Å². The highest BCUT2D eigenvalue weighted by Gasteiger charge is 2.17. The van der Waals surface area contributed by atoms with Crippen LogP contribution in [0.2, 0.25) is 0 Å². The number of hydrogen-bond acceptors (Lipinski definition) is 7. The Bertz CT molecular complexity index is 1200. The second-order valence-corrected chi connectivity index (χ2v) is 8.74. The minimum Gasteiger partial charge on any atom is -0.410 e. The standard InChI is InChI=1S/C23H24N6O2S/c1-14(2)21-26-27-28-29(21)19-11-18(17-7-5-15(3)6-8-17)12-20(13-19)31-23(30)25-16(4)22-24-9-10-32-22/h5-14,16H,1-4H3,(H,25,30). The van der Waals surface area contributed by atoms with Gasteiger partial charge in [-0.1, -0.05) is 43.7 Å². The summed E-state index contributed by atoms with van der Waals surface area (Å²) < 4.78 is 7.32. The molecule has 1 amide bonds. The van der Waals surface area contributed by atoms with Crippen LogP contribution < -0.4 is 10.1 Å². The summed E-state index contributed by atoms with van der Waals surface area (Å²) >= 11 is 1.48. The number of aryl methyl sites for hydroxylation is 1. The van der Waals surface area contributed by atoms with Crippen LogP contribution in [0.1, 0.15) is 49.1 Å². The van der Waals surface area contributed by atoms with Crippen molar-refractivity contribution in [3.05, 3.63) is 70.4 Å². The molecule has 2 aromatic carbocycles. The van der Waals surface area contributed by atoms with Crippen LogP contribution in [0.3, 0.4) is 0 Å². The van der Waals surface area contributed by atoms with E-state index >= 15 is 0 Å². The fourth-order valence-electron chi connectivity index (χ4n) is 3.24. The number of carbonyl (C=O) groups is 1. The number of rotatable bonds is 6. The van der Waals surface area contributed by atoms with Gasteiger partial charge >= 0.3 is 6.09 Å². The lowest BCUT2D eigenvalue weighted by molar-refractivity contribution is 0.197. The Morgan fingerprint density at radius 1 is 1.09 bits per heavy atom. The molecule has 0 aliphatic carbocycles. The molecule has 0 bridgehead atoms. The van der Waals surface area contributed by atoms with Gasteiger partial charge in [0, 0.05) is 23.6 Å². The van der Waals surface area contributed by atoms with E-state index in [0.717, 1.165) is 22.0 Å². The maximum Gasteiger partial charge on any atom is 0.413 e. The zero-order valence-electron chi connectivity index (χ0n) is 18.3. The van der Waals surface area contributed by atoms with E-state index in [-0.39, 0.29) is 12.0 Å². The monoisotopic (exact) mass is 448 g/mol. The molecule has 0 fully saturated rings. The zero-order chi connectivity index (χ0) is 22.7. The molecule has 1 atom stereocenters. The Labute approximate surface area is 190 Å². The van der Waals surface area contributed by atoms with Crippen LogP contribution in [0.25, 0.3) is 16.8 Å². The molecule has 164 valence electrons. The zero-order valence-corrected chi connectivity index (χ0v) is 19.1. The van der Waals surface area contributed by atoms with Crippen LogP contribution in [0.4, 0.5) is 4.79 Å². The normalized spacial score (nSPS) is 12.0. The molecular formula is C23H24N6O2S. The molecule has 0 aliphatic rings. The van der Waals surface area contributed by atoms with Crippen molar-refractivity contribution in [2.24, 2.45) is 0 Å². The molecule has 8 nitrogen and oxygen atoms in total. The third-order valence-corrected chi connectivity index (χ3v) is 5.86. The van der Waals surface area contributed by atoms with E-state index in [1.807, 2.05) is 69.5 Å². The number of nitrogens with zero attached hydrogens (tertiary/aromatic N) is 5. The molecule has 0 radical (unpaired) electrons. The van der Waals surface area contributed by atoms with Gasteiger partial charge in [0.1, 0.15) is 10.8 Å². The first-order chi connectivity index (χ1) is 15.4. The summed E-state index contributed by atoms with van der Waals surface area (Å²) in [4.78, 5) is 16.8. The third-order valence-electron chi connectivity index (χ3n) is 4.90. The second-order valence-electron chi connectivity index (χ2n) is 7.81. The van der Waals surface area contributed by atoms with Gasteiger partial charge in [0.25, 0.3) is 0 Å². The minimum atomic E-state index is -0.555. The predicted molar refractivity (Wildman–Crippen MR) is 123 cm³/mol. The number of tetrazole rings is 1. The van der Waals surface area contributed by atoms with Crippen molar-refractivity contribution in [1.82, 2.24) is 30.5 Å². The lowest BCUT2D eigenvalue weighted by atomic mass is 10.0. The molecule has 0 saturated heterocycles. The number of ether oxygens (including phenoxy) is 1. The van der Waals surface area contributed by atoms with E-state index in [1.54, 1.807) is 16.9 Å².